The van der Waals surface area contributed by atoms with E-state index in [1.807, 2.05) is 0 Å². The first-order valence-corrected chi connectivity index (χ1v) is 7.15. The summed E-state index contributed by atoms with van der Waals surface area (Å²) in [5.74, 6) is 0. The molecular weight excluding hydrogens is 192 g/mol. The van der Waals surface area contributed by atoms with Crippen molar-refractivity contribution in [3.8, 4) is 0 Å². The molecule has 0 N–H and O–H groups in total. The lowest BCUT2D eigenvalue weighted by atomic mass is 10.1. The third kappa shape index (κ3) is 13.7. The Morgan fingerprint density at radius 2 is 0.875 bits per heavy atom. The molecule has 16 heavy (non-hydrogen) atoms. The summed E-state index contributed by atoms with van der Waals surface area (Å²) in [5.41, 5.74) is 0. The molecule has 94 valence electrons. The van der Waals surface area contributed by atoms with Crippen molar-refractivity contribution in [1.82, 2.24) is 0 Å². The van der Waals surface area contributed by atoms with Gasteiger partial charge in [-0.15, -0.1) is 0 Å². The summed E-state index contributed by atoms with van der Waals surface area (Å²) in [6.45, 7) is 7.71. The molecule has 0 aliphatic carbocycles. The Hall–Kier alpha value is -0.260. The quantitative estimate of drug-likeness (QED) is 0.285. The molecule has 0 aromatic heterocycles. The van der Waals surface area contributed by atoms with Crippen molar-refractivity contribution in [3.63, 3.8) is 0 Å². The predicted molar refractivity (Wildman–Crippen MR) is 75.3 cm³/mol. The molecule has 0 aromatic carbocycles. The van der Waals surface area contributed by atoms with Crippen LogP contribution in [0.2, 0.25) is 0 Å². The second-order valence-corrected chi connectivity index (χ2v) is 4.58. The van der Waals surface area contributed by atoms with Gasteiger partial charge in [-0.05, 0) is 25.7 Å². The average molecular weight is 222 g/mol. The minimum Gasteiger partial charge on any atom is -0.0885 e. The molecule has 0 saturated heterocycles. The molecule has 2 radical (unpaired) electrons. The summed E-state index contributed by atoms with van der Waals surface area (Å²) in [5, 5.41) is 0. The number of rotatable bonds is 12. The van der Waals surface area contributed by atoms with E-state index in [1.165, 1.54) is 64.2 Å². The fourth-order valence-electron chi connectivity index (χ4n) is 1.82. The molecule has 0 amide bonds. The molecule has 0 aliphatic heterocycles. The van der Waals surface area contributed by atoms with E-state index >= 15 is 0 Å². The molecule has 0 atom stereocenters. The van der Waals surface area contributed by atoms with E-state index in [9.17, 15) is 0 Å². The Balaban J connectivity index is 2.98. The van der Waals surface area contributed by atoms with Gasteiger partial charge in [0.15, 0.2) is 0 Å². The Labute approximate surface area is 104 Å². The highest BCUT2D eigenvalue weighted by Gasteiger charge is 1.88. The van der Waals surface area contributed by atoms with Crippen LogP contribution >= 0.6 is 0 Å². The topological polar surface area (TPSA) is 0 Å². The van der Waals surface area contributed by atoms with Gasteiger partial charge in [0.05, 0.1) is 0 Å². The van der Waals surface area contributed by atoms with Gasteiger partial charge in [0.1, 0.15) is 0 Å². The maximum Gasteiger partial charge on any atom is -0.0351 e. The predicted octanol–water partition coefficient (Wildman–Crippen LogP) is 5.89. The smallest absolute Gasteiger partial charge is 0.0351 e. The van der Waals surface area contributed by atoms with Gasteiger partial charge in [0.2, 0.25) is 0 Å². The molecule has 0 aromatic rings. The van der Waals surface area contributed by atoms with E-state index in [0.29, 0.717) is 0 Å². The van der Waals surface area contributed by atoms with Gasteiger partial charge in [0, 0.05) is 0 Å². The largest absolute Gasteiger partial charge is 0.0885 e. The highest BCUT2D eigenvalue weighted by molar-refractivity contribution is 4.81. The summed E-state index contributed by atoms with van der Waals surface area (Å²) >= 11 is 0. The third-order valence-electron chi connectivity index (χ3n) is 2.91. The molecule has 0 spiro atoms. The molecule has 0 heterocycles. The maximum absolute atomic E-state index is 3.86. The molecule has 0 nitrogen and oxygen atoms in total. The Bertz CT molecular complexity index is 135. The normalized spacial score (nSPS) is 11.4. The summed E-state index contributed by atoms with van der Waals surface area (Å²) in [6.07, 6.45) is 20.3. The van der Waals surface area contributed by atoms with Crippen LogP contribution in [0, 0.1) is 13.8 Å². The molecular formula is C16H30. The van der Waals surface area contributed by atoms with Crippen LogP contribution in [0.25, 0.3) is 0 Å². The van der Waals surface area contributed by atoms with Crippen molar-refractivity contribution in [1.29, 1.82) is 0 Å². The number of hydrogen-bond acceptors (Lipinski definition) is 0. The van der Waals surface area contributed by atoms with Gasteiger partial charge in [-0.25, -0.2) is 0 Å². The summed E-state index contributed by atoms with van der Waals surface area (Å²) in [7, 11) is 0. The zero-order valence-corrected chi connectivity index (χ0v) is 11.1. The van der Waals surface area contributed by atoms with Crippen LogP contribution in [0.4, 0.5) is 0 Å². The second kappa shape index (κ2) is 14.7. The SMILES string of the molecule is [CH2]CCCCC/C=C\CCCCCCC[CH2]. The van der Waals surface area contributed by atoms with E-state index < -0.39 is 0 Å². The lowest BCUT2D eigenvalue weighted by molar-refractivity contribution is 0.620. The zero-order chi connectivity index (χ0) is 11.9. The van der Waals surface area contributed by atoms with Gasteiger partial charge in [-0.2, -0.15) is 0 Å². The van der Waals surface area contributed by atoms with E-state index in [-0.39, 0.29) is 0 Å². The van der Waals surface area contributed by atoms with Crippen LogP contribution in [0.5, 0.6) is 0 Å². The minimum absolute atomic E-state index is 1.09. The van der Waals surface area contributed by atoms with E-state index in [4.69, 9.17) is 0 Å². The first-order valence-electron chi connectivity index (χ1n) is 7.15. The molecule has 0 bridgehead atoms. The van der Waals surface area contributed by atoms with Crippen LogP contribution in [0.1, 0.15) is 77.0 Å². The van der Waals surface area contributed by atoms with Gasteiger partial charge in [-0.1, -0.05) is 77.4 Å². The lowest BCUT2D eigenvalue weighted by Crippen LogP contribution is -1.78. The van der Waals surface area contributed by atoms with E-state index in [0.717, 1.165) is 12.8 Å². The van der Waals surface area contributed by atoms with Gasteiger partial charge in [0.25, 0.3) is 0 Å². The fourth-order valence-corrected chi connectivity index (χ4v) is 1.82. The summed E-state index contributed by atoms with van der Waals surface area (Å²) in [6, 6.07) is 0. The lowest BCUT2D eigenvalue weighted by Gasteiger charge is -1.98. The van der Waals surface area contributed by atoms with Crippen LogP contribution in [-0.4, -0.2) is 0 Å². The minimum atomic E-state index is 1.09. The van der Waals surface area contributed by atoms with E-state index in [2.05, 4.69) is 26.0 Å². The van der Waals surface area contributed by atoms with Crippen molar-refractivity contribution in [2.45, 2.75) is 77.0 Å². The monoisotopic (exact) mass is 222 g/mol. The van der Waals surface area contributed by atoms with E-state index in [1.54, 1.807) is 0 Å². The summed E-state index contributed by atoms with van der Waals surface area (Å²) < 4.78 is 0. The molecule has 0 fully saturated rings. The average Bonchev–Trinajstić information content (AvgIpc) is 2.31. The van der Waals surface area contributed by atoms with Crippen molar-refractivity contribution < 1.29 is 0 Å². The molecule has 0 saturated carbocycles. The number of unbranched alkanes of at least 4 members (excludes halogenated alkanes) is 10. The molecule has 0 aliphatic rings. The van der Waals surface area contributed by atoms with Crippen molar-refractivity contribution >= 4 is 0 Å². The molecule has 0 heteroatoms. The first-order chi connectivity index (χ1) is 7.91. The van der Waals surface area contributed by atoms with Crippen molar-refractivity contribution in [2.75, 3.05) is 0 Å². The second-order valence-electron chi connectivity index (χ2n) is 4.58. The highest BCUT2D eigenvalue weighted by atomic mass is 13.9. The van der Waals surface area contributed by atoms with Crippen LogP contribution < -0.4 is 0 Å². The van der Waals surface area contributed by atoms with Crippen LogP contribution in [-0.2, 0) is 0 Å². The van der Waals surface area contributed by atoms with Crippen LogP contribution in [0.15, 0.2) is 12.2 Å². The standard InChI is InChI=1S/C16H30/c1-3-5-7-9-11-13-15-16-14-12-10-8-6-4-2/h13,15H,1-12,14,16H2/b15-13-. The Kier molecular flexibility index (Phi) is 14.5. The van der Waals surface area contributed by atoms with Crippen molar-refractivity contribution in [3.05, 3.63) is 26.0 Å². The summed E-state index contributed by atoms with van der Waals surface area (Å²) in [4.78, 5) is 0. The van der Waals surface area contributed by atoms with Gasteiger partial charge >= 0.3 is 0 Å². The fraction of sp³-hybridized carbons (Fsp3) is 0.750. The number of allylic oxidation sites excluding steroid dienone is 2. The Morgan fingerprint density at radius 3 is 1.38 bits per heavy atom. The van der Waals surface area contributed by atoms with Gasteiger partial charge in [-0.3, -0.25) is 0 Å². The van der Waals surface area contributed by atoms with Crippen LogP contribution in [0.3, 0.4) is 0 Å². The van der Waals surface area contributed by atoms with Crippen molar-refractivity contribution in [2.24, 2.45) is 0 Å². The number of hydrogen-bond donors (Lipinski definition) is 0. The Morgan fingerprint density at radius 1 is 0.500 bits per heavy atom. The molecule has 0 unspecified atom stereocenters. The highest BCUT2D eigenvalue weighted by Crippen LogP contribution is 2.08. The third-order valence-corrected chi connectivity index (χ3v) is 2.91. The molecule has 0 rings (SSSR count). The van der Waals surface area contributed by atoms with Gasteiger partial charge < -0.3 is 0 Å². The zero-order valence-electron chi connectivity index (χ0n) is 11.1. The maximum atomic E-state index is 3.86. The first kappa shape index (κ1) is 15.7.